The molecule has 4 rings (SSSR count). The highest BCUT2D eigenvalue weighted by atomic mass is 35.5. The molecule has 0 spiro atoms. The first-order chi connectivity index (χ1) is 11.1. The molecule has 2 N–H and O–H groups in total. The van der Waals surface area contributed by atoms with Crippen LogP contribution in [0.4, 0.5) is 5.69 Å². The molecular formula is C18H15ClN2OS. The minimum atomic E-state index is -0.0693. The Morgan fingerprint density at radius 3 is 2.70 bits per heavy atom. The van der Waals surface area contributed by atoms with E-state index < -0.39 is 0 Å². The van der Waals surface area contributed by atoms with E-state index in [4.69, 9.17) is 22.3 Å². The van der Waals surface area contributed by atoms with Gasteiger partial charge in [0.2, 0.25) is 5.78 Å². The second kappa shape index (κ2) is 5.62. The quantitative estimate of drug-likeness (QED) is 0.690. The van der Waals surface area contributed by atoms with Crippen LogP contribution in [-0.4, -0.2) is 10.8 Å². The second-order valence-corrected chi connectivity index (χ2v) is 7.27. The van der Waals surface area contributed by atoms with E-state index in [9.17, 15) is 4.79 Å². The van der Waals surface area contributed by atoms with Crippen molar-refractivity contribution >= 4 is 44.6 Å². The van der Waals surface area contributed by atoms with Crippen LogP contribution in [0.1, 0.15) is 39.3 Å². The van der Waals surface area contributed by atoms with Crippen molar-refractivity contribution < 1.29 is 4.79 Å². The lowest BCUT2D eigenvalue weighted by molar-refractivity contribution is 0.104. The Morgan fingerprint density at radius 1 is 1.17 bits per heavy atom. The van der Waals surface area contributed by atoms with Crippen LogP contribution in [0.2, 0.25) is 5.02 Å². The Hall–Kier alpha value is -1.91. The molecule has 0 unspecified atom stereocenters. The molecule has 3 nitrogen and oxygen atoms in total. The summed E-state index contributed by atoms with van der Waals surface area (Å²) in [5.74, 6) is -0.0693. The summed E-state index contributed by atoms with van der Waals surface area (Å²) in [5.41, 5.74) is 9.84. The van der Waals surface area contributed by atoms with Crippen molar-refractivity contribution in [1.29, 1.82) is 0 Å². The van der Waals surface area contributed by atoms with Crippen molar-refractivity contribution in [3.63, 3.8) is 0 Å². The van der Waals surface area contributed by atoms with Crippen molar-refractivity contribution in [2.24, 2.45) is 0 Å². The molecule has 1 aliphatic carbocycles. The van der Waals surface area contributed by atoms with Crippen LogP contribution in [-0.2, 0) is 12.8 Å². The third kappa shape index (κ3) is 2.52. The third-order valence-electron chi connectivity index (χ3n) is 4.31. The summed E-state index contributed by atoms with van der Waals surface area (Å²) in [5, 5.41) is 1.52. The summed E-state index contributed by atoms with van der Waals surface area (Å²) >= 11 is 7.27. The van der Waals surface area contributed by atoms with Gasteiger partial charge in [0, 0.05) is 21.7 Å². The molecule has 116 valence electrons. The number of fused-ring (bicyclic) bond motifs is 2. The average molecular weight is 343 g/mol. The summed E-state index contributed by atoms with van der Waals surface area (Å²) in [4.78, 5) is 18.9. The zero-order chi connectivity index (χ0) is 16.0. The van der Waals surface area contributed by atoms with Crippen molar-refractivity contribution in [2.75, 3.05) is 5.73 Å². The first kappa shape index (κ1) is 14.7. The zero-order valence-electron chi connectivity index (χ0n) is 12.4. The van der Waals surface area contributed by atoms with Gasteiger partial charge in [-0.15, -0.1) is 11.3 Å². The van der Waals surface area contributed by atoms with Crippen molar-refractivity contribution in [2.45, 2.75) is 25.7 Å². The smallest absolute Gasteiger partial charge is 0.205 e. The Labute approximate surface area is 143 Å². The maximum Gasteiger partial charge on any atom is 0.205 e. The fourth-order valence-corrected chi connectivity index (χ4v) is 4.24. The van der Waals surface area contributed by atoms with Gasteiger partial charge in [0.1, 0.15) is 9.71 Å². The van der Waals surface area contributed by atoms with Gasteiger partial charge in [-0.25, -0.2) is 4.98 Å². The van der Waals surface area contributed by atoms with Gasteiger partial charge < -0.3 is 5.73 Å². The number of halogens is 1. The number of thiophene rings is 1. The van der Waals surface area contributed by atoms with E-state index in [-0.39, 0.29) is 5.78 Å². The van der Waals surface area contributed by atoms with Crippen LogP contribution in [0.3, 0.4) is 0 Å². The molecule has 0 radical (unpaired) electrons. The van der Waals surface area contributed by atoms with Crippen molar-refractivity contribution in [1.82, 2.24) is 4.98 Å². The zero-order valence-corrected chi connectivity index (χ0v) is 14.0. The van der Waals surface area contributed by atoms with Gasteiger partial charge in [-0.05, 0) is 61.6 Å². The summed E-state index contributed by atoms with van der Waals surface area (Å²) in [6.07, 6.45) is 4.45. The molecule has 0 fully saturated rings. The predicted octanol–water partition coefficient (Wildman–Crippen LogP) is 4.64. The number of hydrogen-bond acceptors (Lipinski definition) is 4. The summed E-state index contributed by atoms with van der Waals surface area (Å²) in [6.45, 7) is 0. The van der Waals surface area contributed by atoms with Crippen LogP contribution in [0.25, 0.3) is 10.2 Å². The van der Waals surface area contributed by atoms with Crippen molar-refractivity contribution in [3.05, 3.63) is 57.1 Å². The number of carbonyl (C=O) groups excluding carboxylic acids is 1. The van der Waals surface area contributed by atoms with E-state index in [0.717, 1.165) is 28.8 Å². The molecule has 0 amide bonds. The number of rotatable bonds is 2. The highest BCUT2D eigenvalue weighted by molar-refractivity contribution is 7.21. The number of aromatic nitrogens is 1. The SMILES string of the molecule is Nc1c(C(=O)c2ccc(Cl)cc2)sc2nc3c(cc12)CCCC3. The maximum absolute atomic E-state index is 12.7. The Balaban J connectivity index is 1.82. The van der Waals surface area contributed by atoms with E-state index in [2.05, 4.69) is 6.07 Å². The molecule has 3 aromatic rings. The van der Waals surface area contributed by atoms with E-state index in [1.165, 1.54) is 29.7 Å². The fourth-order valence-electron chi connectivity index (χ4n) is 3.06. The predicted molar refractivity (Wildman–Crippen MR) is 95.6 cm³/mol. The number of nitrogens with two attached hydrogens (primary N) is 1. The van der Waals surface area contributed by atoms with Crippen LogP contribution >= 0.6 is 22.9 Å². The Bertz CT molecular complexity index is 915. The molecule has 5 heteroatoms. The summed E-state index contributed by atoms with van der Waals surface area (Å²) in [7, 11) is 0. The molecule has 2 heterocycles. The average Bonchev–Trinajstić information content (AvgIpc) is 2.89. The van der Waals surface area contributed by atoms with E-state index in [0.29, 0.717) is 21.2 Å². The Morgan fingerprint density at radius 2 is 1.91 bits per heavy atom. The number of hydrogen-bond donors (Lipinski definition) is 1. The highest BCUT2D eigenvalue weighted by Gasteiger charge is 2.21. The molecule has 0 atom stereocenters. The molecule has 0 saturated heterocycles. The number of benzene rings is 1. The van der Waals surface area contributed by atoms with Gasteiger partial charge in [-0.1, -0.05) is 11.6 Å². The maximum atomic E-state index is 12.7. The van der Waals surface area contributed by atoms with Gasteiger partial charge in [0.15, 0.2) is 0 Å². The summed E-state index contributed by atoms with van der Waals surface area (Å²) in [6, 6.07) is 9.02. The van der Waals surface area contributed by atoms with Gasteiger partial charge in [-0.3, -0.25) is 4.79 Å². The van der Waals surface area contributed by atoms with E-state index in [1.54, 1.807) is 24.3 Å². The lowest BCUT2D eigenvalue weighted by atomic mass is 9.95. The lowest BCUT2D eigenvalue weighted by Crippen LogP contribution is -2.05. The molecular weight excluding hydrogens is 328 g/mol. The number of pyridine rings is 1. The monoisotopic (exact) mass is 342 g/mol. The van der Waals surface area contributed by atoms with Crippen LogP contribution in [0, 0.1) is 0 Å². The number of nitrogen functional groups attached to an aromatic ring is 1. The standard InChI is InChI=1S/C18H15ClN2OS/c19-12-7-5-10(6-8-12)16(22)17-15(20)13-9-11-3-1-2-4-14(11)21-18(13)23-17/h5-9H,1-4,20H2. The second-order valence-electron chi connectivity index (χ2n) is 5.83. The Kier molecular flexibility index (Phi) is 3.58. The van der Waals surface area contributed by atoms with Gasteiger partial charge in [0.05, 0.1) is 5.69 Å². The number of ketones is 1. The third-order valence-corrected chi connectivity index (χ3v) is 5.68. The van der Waals surface area contributed by atoms with Gasteiger partial charge in [-0.2, -0.15) is 0 Å². The number of aryl methyl sites for hydroxylation is 2. The van der Waals surface area contributed by atoms with Crippen LogP contribution in [0.5, 0.6) is 0 Å². The fraction of sp³-hybridized carbons (Fsp3) is 0.222. The van der Waals surface area contributed by atoms with Gasteiger partial charge >= 0.3 is 0 Å². The normalized spacial score (nSPS) is 14.0. The first-order valence-electron chi connectivity index (χ1n) is 7.64. The van der Waals surface area contributed by atoms with E-state index >= 15 is 0 Å². The molecule has 1 aliphatic rings. The van der Waals surface area contributed by atoms with Crippen molar-refractivity contribution in [3.8, 4) is 0 Å². The van der Waals surface area contributed by atoms with E-state index in [1.807, 2.05) is 0 Å². The number of anilines is 1. The largest absolute Gasteiger partial charge is 0.397 e. The van der Waals surface area contributed by atoms with Crippen LogP contribution in [0.15, 0.2) is 30.3 Å². The van der Waals surface area contributed by atoms with Crippen LogP contribution < -0.4 is 5.73 Å². The molecule has 0 aliphatic heterocycles. The minimum Gasteiger partial charge on any atom is -0.397 e. The lowest BCUT2D eigenvalue weighted by Gasteiger charge is -2.14. The molecule has 23 heavy (non-hydrogen) atoms. The molecule has 1 aromatic carbocycles. The molecule has 0 bridgehead atoms. The first-order valence-corrected chi connectivity index (χ1v) is 8.84. The molecule has 0 saturated carbocycles. The topological polar surface area (TPSA) is 56.0 Å². The highest BCUT2D eigenvalue weighted by Crippen LogP contribution is 2.36. The number of carbonyl (C=O) groups is 1. The molecule has 2 aromatic heterocycles. The summed E-state index contributed by atoms with van der Waals surface area (Å²) < 4.78 is 0. The van der Waals surface area contributed by atoms with Gasteiger partial charge in [0.25, 0.3) is 0 Å². The number of nitrogens with zero attached hydrogens (tertiary/aromatic N) is 1. The minimum absolute atomic E-state index is 0.0693.